The third kappa shape index (κ3) is 3.88. The highest BCUT2D eigenvalue weighted by Crippen LogP contribution is 2.25. The second kappa shape index (κ2) is 7.35. The number of nitrogens with zero attached hydrogens (tertiary/aromatic N) is 2. The average Bonchev–Trinajstić information content (AvgIpc) is 3.02. The molecular weight excluding hydrogens is 332 g/mol. The van der Waals surface area contributed by atoms with Crippen LogP contribution < -0.4 is 5.32 Å². The highest BCUT2D eigenvalue weighted by molar-refractivity contribution is 5.79. The van der Waals surface area contributed by atoms with Crippen LogP contribution in [0.5, 0.6) is 0 Å². The molecule has 0 spiro atoms. The fraction of sp³-hybridized carbons (Fsp3) is 0.263. The van der Waals surface area contributed by atoms with Crippen LogP contribution >= 0.6 is 0 Å². The van der Waals surface area contributed by atoms with Crippen LogP contribution in [0.25, 0.3) is 11.0 Å². The Hall–Kier alpha value is -3.22. The minimum atomic E-state index is -0.450. The molecule has 1 unspecified atom stereocenters. The van der Waals surface area contributed by atoms with Gasteiger partial charge in [0.05, 0.1) is 16.0 Å². The Kier molecular flexibility index (Phi) is 4.97. The van der Waals surface area contributed by atoms with Crippen molar-refractivity contribution in [2.24, 2.45) is 5.92 Å². The lowest BCUT2D eigenvalue weighted by atomic mass is 10.0. The molecule has 1 amide bonds. The molecule has 3 rings (SSSR count). The van der Waals surface area contributed by atoms with Gasteiger partial charge in [-0.3, -0.25) is 14.9 Å². The molecule has 1 heterocycles. The molecular formula is C19H20N4O3. The Morgan fingerprint density at radius 3 is 2.62 bits per heavy atom. The minimum absolute atomic E-state index is 0.00666. The standard InChI is InChI=1S/C19H20N4O3/c1-12(2)10-17(24)22-18(13-6-4-3-5-7-13)19-20-15-9-8-14(23(25)26)11-16(15)21-19/h3-9,11-12,18H,10H2,1-2H3,(H,20,21)(H,22,24). The molecule has 0 aliphatic heterocycles. The van der Waals surface area contributed by atoms with Crippen molar-refractivity contribution in [3.63, 3.8) is 0 Å². The van der Waals surface area contributed by atoms with E-state index in [0.717, 1.165) is 5.56 Å². The van der Waals surface area contributed by atoms with E-state index in [1.807, 2.05) is 44.2 Å². The molecule has 2 aromatic carbocycles. The van der Waals surface area contributed by atoms with Crippen LogP contribution in [0.3, 0.4) is 0 Å². The van der Waals surface area contributed by atoms with Gasteiger partial charge in [-0.15, -0.1) is 0 Å². The molecule has 1 atom stereocenters. The minimum Gasteiger partial charge on any atom is -0.342 e. The summed E-state index contributed by atoms with van der Waals surface area (Å²) in [6.45, 7) is 3.97. The largest absolute Gasteiger partial charge is 0.342 e. The summed E-state index contributed by atoms with van der Waals surface area (Å²) in [6.07, 6.45) is 0.412. The number of amides is 1. The van der Waals surface area contributed by atoms with Crippen molar-refractivity contribution in [3.05, 3.63) is 70.0 Å². The first-order chi connectivity index (χ1) is 12.4. The Balaban J connectivity index is 1.99. The van der Waals surface area contributed by atoms with E-state index in [9.17, 15) is 14.9 Å². The third-order valence-corrected chi connectivity index (χ3v) is 4.00. The third-order valence-electron chi connectivity index (χ3n) is 4.00. The highest BCUT2D eigenvalue weighted by atomic mass is 16.6. The molecule has 0 aliphatic rings. The van der Waals surface area contributed by atoms with Gasteiger partial charge in [-0.1, -0.05) is 44.2 Å². The lowest BCUT2D eigenvalue weighted by molar-refractivity contribution is -0.384. The number of nitrogens with one attached hydrogen (secondary N) is 2. The van der Waals surface area contributed by atoms with Gasteiger partial charge in [0.15, 0.2) is 0 Å². The van der Waals surface area contributed by atoms with Gasteiger partial charge in [0, 0.05) is 18.6 Å². The number of hydrogen-bond acceptors (Lipinski definition) is 4. The van der Waals surface area contributed by atoms with Crippen LogP contribution in [0.2, 0.25) is 0 Å². The van der Waals surface area contributed by atoms with Crippen LogP contribution in [-0.4, -0.2) is 20.8 Å². The molecule has 7 nitrogen and oxygen atoms in total. The Morgan fingerprint density at radius 2 is 1.96 bits per heavy atom. The number of imidazole rings is 1. The van der Waals surface area contributed by atoms with E-state index in [4.69, 9.17) is 0 Å². The van der Waals surface area contributed by atoms with Gasteiger partial charge in [0.1, 0.15) is 11.9 Å². The van der Waals surface area contributed by atoms with Crippen molar-refractivity contribution in [3.8, 4) is 0 Å². The van der Waals surface area contributed by atoms with Gasteiger partial charge in [-0.25, -0.2) is 4.98 Å². The summed E-state index contributed by atoms with van der Waals surface area (Å²) < 4.78 is 0. The molecule has 2 N–H and O–H groups in total. The Labute approximate surface area is 150 Å². The number of hydrogen-bond donors (Lipinski definition) is 2. The van der Waals surface area contributed by atoms with Gasteiger partial charge in [-0.05, 0) is 17.5 Å². The molecule has 0 saturated carbocycles. The van der Waals surface area contributed by atoms with E-state index >= 15 is 0 Å². The molecule has 26 heavy (non-hydrogen) atoms. The predicted octanol–water partition coefficient (Wildman–Crippen LogP) is 3.72. The monoisotopic (exact) mass is 352 g/mol. The molecule has 134 valence electrons. The predicted molar refractivity (Wildman–Crippen MR) is 98.6 cm³/mol. The molecule has 0 bridgehead atoms. The fourth-order valence-electron chi connectivity index (χ4n) is 2.81. The molecule has 0 aliphatic carbocycles. The summed E-state index contributed by atoms with van der Waals surface area (Å²) in [6, 6.07) is 13.5. The second-order valence-electron chi connectivity index (χ2n) is 6.59. The summed E-state index contributed by atoms with van der Waals surface area (Å²) in [7, 11) is 0. The molecule has 0 fully saturated rings. The van der Waals surface area contributed by atoms with E-state index in [1.165, 1.54) is 12.1 Å². The van der Waals surface area contributed by atoms with E-state index in [1.54, 1.807) is 6.07 Å². The summed E-state index contributed by atoms with van der Waals surface area (Å²) >= 11 is 0. The quantitative estimate of drug-likeness (QED) is 0.521. The average molecular weight is 352 g/mol. The first-order valence-electron chi connectivity index (χ1n) is 8.42. The van der Waals surface area contributed by atoms with Crippen LogP contribution in [-0.2, 0) is 4.79 Å². The number of H-pyrrole nitrogens is 1. The van der Waals surface area contributed by atoms with Gasteiger partial charge in [0.25, 0.3) is 5.69 Å². The zero-order valence-corrected chi connectivity index (χ0v) is 14.6. The van der Waals surface area contributed by atoms with Crippen molar-refractivity contribution in [2.45, 2.75) is 26.3 Å². The van der Waals surface area contributed by atoms with E-state index in [0.29, 0.717) is 23.3 Å². The highest BCUT2D eigenvalue weighted by Gasteiger charge is 2.21. The summed E-state index contributed by atoms with van der Waals surface area (Å²) in [5.74, 6) is 0.717. The zero-order chi connectivity index (χ0) is 18.7. The topological polar surface area (TPSA) is 101 Å². The fourth-order valence-corrected chi connectivity index (χ4v) is 2.81. The maximum absolute atomic E-state index is 12.3. The summed E-state index contributed by atoms with van der Waals surface area (Å²) in [5, 5.41) is 14.0. The molecule has 7 heteroatoms. The van der Waals surface area contributed by atoms with Crippen molar-refractivity contribution in [1.82, 2.24) is 15.3 Å². The first-order valence-corrected chi connectivity index (χ1v) is 8.42. The molecule has 3 aromatic rings. The maximum atomic E-state index is 12.3. The lowest BCUT2D eigenvalue weighted by Gasteiger charge is -2.18. The smallest absolute Gasteiger partial charge is 0.271 e. The van der Waals surface area contributed by atoms with Crippen molar-refractivity contribution >= 4 is 22.6 Å². The summed E-state index contributed by atoms with van der Waals surface area (Å²) in [4.78, 5) is 30.5. The number of aromatic amines is 1. The Morgan fingerprint density at radius 1 is 1.23 bits per heavy atom. The zero-order valence-electron chi connectivity index (χ0n) is 14.6. The SMILES string of the molecule is CC(C)CC(=O)NC(c1ccccc1)c1nc2ccc([N+](=O)[O-])cc2[nH]1. The van der Waals surface area contributed by atoms with Crippen LogP contribution in [0.1, 0.15) is 37.7 Å². The number of non-ortho nitro benzene ring substituents is 1. The van der Waals surface area contributed by atoms with E-state index in [2.05, 4.69) is 15.3 Å². The normalized spacial score (nSPS) is 12.3. The van der Waals surface area contributed by atoms with Crippen molar-refractivity contribution < 1.29 is 9.72 Å². The van der Waals surface area contributed by atoms with Gasteiger partial charge < -0.3 is 10.3 Å². The number of nitro benzene ring substituents is 1. The van der Waals surface area contributed by atoms with E-state index in [-0.39, 0.29) is 17.5 Å². The maximum Gasteiger partial charge on any atom is 0.271 e. The first kappa shape index (κ1) is 17.6. The number of nitro groups is 1. The number of rotatable bonds is 6. The molecule has 0 saturated heterocycles. The summed E-state index contributed by atoms with van der Waals surface area (Å²) in [5.41, 5.74) is 2.06. The van der Waals surface area contributed by atoms with Gasteiger partial charge in [-0.2, -0.15) is 0 Å². The van der Waals surface area contributed by atoms with Crippen LogP contribution in [0.4, 0.5) is 5.69 Å². The number of carbonyl (C=O) groups is 1. The number of fused-ring (bicyclic) bond motifs is 1. The van der Waals surface area contributed by atoms with Crippen molar-refractivity contribution in [2.75, 3.05) is 0 Å². The van der Waals surface area contributed by atoms with Crippen molar-refractivity contribution in [1.29, 1.82) is 0 Å². The number of aromatic nitrogens is 2. The molecule has 0 radical (unpaired) electrons. The van der Waals surface area contributed by atoms with E-state index < -0.39 is 11.0 Å². The van der Waals surface area contributed by atoms with Gasteiger partial charge >= 0.3 is 0 Å². The van der Waals surface area contributed by atoms with Gasteiger partial charge in [0.2, 0.25) is 5.91 Å². The Bertz CT molecular complexity index is 934. The molecule has 1 aromatic heterocycles. The van der Waals surface area contributed by atoms with Crippen LogP contribution in [0, 0.1) is 16.0 Å². The number of carbonyl (C=O) groups excluding carboxylic acids is 1. The lowest BCUT2D eigenvalue weighted by Crippen LogP contribution is -2.30. The number of benzene rings is 2. The van der Waals surface area contributed by atoms with Crippen LogP contribution in [0.15, 0.2) is 48.5 Å². The second-order valence-corrected chi connectivity index (χ2v) is 6.59.